The van der Waals surface area contributed by atoms with Gasteiger partial charge in [-0.2, -0.15) is 0 Å². The molecule has 2 aliphatic rings. The van der Waals surface area contributed by atoms with Crippen LogP contribution in [0, 0.1) is 0 Å². The first-order valence-corrected chi connectivity index (χ1v) is 11.7. The fourth-order valence-corrected chi connectivity index (χ4v) is 5.91. The Morgan fingerprint density at radius 3 is 2.17 bits per heavy atom. The zero-order valence-electron chi connectivity index (χ0n) is 16.4. The van der Waals surface area contributed by atoms with Gasteiger partial charge in [-0.1, -0.05) is 0 Å². The van der Waals surface area contributed by atoms with Crippen molar-refractivity contribution in [3.63, 3.8) is 0 Å². The van der Waals surface area contributed by atoms with E-state index in [0.29, 0.717) is 18.8 Å². The van der Waals surface area contributed by atoms with Crippen LogP contribution in [0.2, 0.25) is 0 Å². The summed E-state index contributed by atoms with van der Waals surface area (Å²) in [5, 5.41) is 0. The maximum absolute atomic E-state index is 13.3. The SMILES string of the molecule is O=C1C(Cc2ccccc2)=NC2=C([Se]c3ccccc3)CN(c3ccccc3)CN12. The summed E-state index contributed by atoms with van der Waals surface area (Å²) in [5.74, 6) is 0.887. The number of fused-ring (bicyclic) bond motifs is 1. The van der Waals surface area contributed by atoms with E-state index in [1.807, 2.05) is 59.5 Å². The van der Waals surface area contributed by atoms with Gasteiger partial charge >= 0.3 is 183 Å². The topological polar surface area (TPSA) is 35.9 Å². The Balaban J connectivity index is 1.50. The maximum atomic E-state index is 13.3. The molecule has 3 aromatic carbocycles. The predicted octanol–water partition coefficient (Wildman–Crippen LogP) is 3.19. The molecule has 148 valence electrons. The minimum absolute atomic E-state index is 0.0239. The number of carbonyl (C=O) groups is 1. The third-order valence-electron chi connectivity index (χ3n) is 5.20. The third-order valence-corrected chi connectivity index (χ3v) is 7.44. The first-order chi connectivity index (χ1) is 14.8. The number of benzene rings is 3. The van der Waals surface area contributed by atoms with Gasteiger partial charge in [0.2, 0.25) is 0 Å². The van der Waals surface area contributed by atoms with Crippen LogP contribution in [-0.2, 0) is 11.2 Å². The average molecular weight is 458 g/mol. The monoisotopic (exact) mass is 459 g/mol. The molecular formula is C25H21N3OSe. The fraction of sp³-hybridized carbons (Fsp3) is 0.120. The van der Waals surface area contributed by atoms with E-state index in [-0.39, 0.29) is 20.9 Å². The van der Waals surface area contributed by atoms with Crippen LogP contribution in [0.1, 0.15) is 5.56 Å². The van der Waals surface area contributed by atoms with E-state index in [9.17, 15) is 4.79 Å². The van der Waals surface area contributed by atoms with Gasteiger partial charge in [-0.05, 0) is 0 Å². The molecule has 2 aliphatic heterocycles. The van der Waals surface area contributed by atoms with Gasteiger partial charge in [0.25, 0.3) is 0 Å². The molecule has 30 heavy (non-hydrogen) atoms. The second-order valence-electron chi connectivity index (χ2n) is 7.29. The van der Waals surface area contributed by atoms with Gasteiger partial charge in [-0.15, -0.1) is 0 Å². The Morgan fingerprint density at radius 2 is 1.47 bits per heavy atom. The van der Waals surface area contributed by atoms with Crippen LogP contribution < -0.4 is 9.36 Å². The van der Waals surface area contributed by atoms with Crippen LogP contribution in [-0.4, -0.2) is 44.7 Å². The summed E-state index contributed by atoms with van der Waals surface area (Å²) < 4.78 is 2.53. The van der Waals surface area contributed by atoms with Crippen molar-refractivity contribution in [2.75, 3.05) is 18.1 Å². The molecular weight excluding hydrogens is 437 g/mol. The first-order valence-electron chi connectivity index (χ1n) is 9.97. The summed E-state index contributed by atoms with van der Waals surface area (Å²) in [5.41, 5.74) is 2.87. The van der Waals surface area contributed by atoms with E-state index < -0.39 is 0 Å². The quantitative estimate of drug-likeness (QED) is 0.551. The molecule has 5 rings (SSSR count). The second-order valence-corrected chi connectivity index (χ2v) is 9.74. The van der Waals surface area contributed by atoms with E-state index in [1.165, 1.54) is 8.93 Å². The molecule has 0 N–H and O–H groups in total. The van der Waals surface area contributed by atoms with Gasteiger partial charge in [-0.25, -0.2) is 0 Å². The number of rotatable bonds is 5. The van der Waals surface area contributed by atoms with Gasteiger partial charge in [0.15, 0.2) is 0 Å². The molecule has 3 aromatic rings. The number of para-hydroxylation sites is 1. The summed E-state index contributed by atoms with van der Waals surface area (Å²) in [4.78, 5) is 22.2. The molecule has 1 amide bonds. The second kappa shape index (κ2) is 8.31. The normalized spacial score (nSPS) is 16.0. The van der Waals surface area contributed by atoms with Crippen molar-refractivity contribution < 1.29 is 4.79 Å². The van der Waals surface area contributed by atoms with Crippen molar-refractivity contribution in [1.82, 2.24) is 4.90 Å². The zero-order valence-corrected chi connectivity index (χ0v) is 18.2. The Hall–Kier alpha value is -3.14. The molecule has 0 bridgehead atoms. The summed E-state index contributed by atoms with van der Waals surface area (Å²) in [6.07, 6.45) is 0.566. The number of hydrogen-bond donors (Lipinski definition) is 0. The molecule has 0 atom stereocenters. The van der Waals surface area contributed by atoms with E-state index in [2.05, 4.69) is 41.3 Å². The predicted molar refractivity (Wildman–Crippen MR) is 122 cm³/mol. The van der Waals surface area contributed by atoms with E-state index >= 15 is 0 Å². The Labute approximate surface area is 182 Å². The molecule has 0 saturated carbocycles. The van der Waals surface area contributed by atoms with Gasteiger partial charge in [0.05, 0.1) is 0 Å². The Kier molecular flexibility index (Phi) is 5.22. The van der Waals surface area contributed by atoms with Crippen LogP contribution in [0.5, 0.6) is 0 Å². The molecule has 0 aliphatic carbocycles. The number of aliphatic imine (C=N–C) groups is 1. The van der Waals surface area contributed by atoms with Crippen LogP contribution in [0.25, 0.3) is 0 Å². The summed E-state index contributed by atoms with van der Waals surface area (Å²) in [7, 11) is 0. The molecule has 0 radical (unpaired) electrons. The van der Waals surface area contributed by atoms with Crippen molar-refractivity contribution in [3.8, 4) is 0 Å². The van der Waals surface area contributed by atoms with Crippen molar-refractivity contribution in [2.45, 2.75) is 6.42 Å². The number of nitrogens with zero attached hydrogens (tertiary/aromatic N) is 3. The fourth-order valence-electron chi connectivity index (χ4n) is 3.72. The molecule has 0 fully saturated rings. The Morgan fingerprint density at radius 1 is 0.833 bits per heavy atom. The number of hydrogen-bond acceptors (Lipinski definition) is 3. The summed E-state index contributed by atoms with van der Waals surface area (Å²) >= 11 is 0.105. The Bertz CT molecular complexity index is 1110. The third kappa shape index (κ3) is 3.82. The molecule has 0 saturated heterocycles. The van der Waals surface area contributed by atoms with Gasteiger partial charge in [0.1, 0.15) is 0 Å². The van der Waals surface area contributed by atoms with Crippen molar-refractivity contribution in [3.05, 3.63) is 107 Å². The van der Waals surface area contributed by atoms with Gasteiger partial charge in [-0.3, -0.25) is 0 Å². The number of anilines is 1. The van der Waals surface area contributed by atoms with Crippen molar-refractivity contribution in [2.24, 2.45) is 4.99 Å². The summed E-state index contributed by atoms with van der Waals surface area (Å²) in [6, 6.07) is 30.9. The van der Waals surface area contributed by atoms with Gasteiger partial charge < -0.3 is 0 Å². The molecule has 0 aromatic heterocycles. The van der Waals surface area contributed by atoms with Crippen LogP contribution >= 0.6 is 0 Å². The van der Waals surface area contributed by atoms with Crippen LogP contribution in [0.3, 0.4) is 0 Å². The number of carbonyl (C=O) groups excluding carboxylic acids is 1. The molecule has 0 spiro atoms. The molecule has 0 unspecified atom stereocenters. The zero-order chi connectivity index (χ0) is 20.3. The molecule has 4 nitrogen and oxygen atoms in total. The summed E-state index contributed by atoms with van der Waals surface area (Å²) in [6.45, 7) is 1.33. The minimum atomic E-state index is 0.0239. The van der Waals surface area contributed by atoms with Crippen molar-refractivity contribution in [1.29, 1.82) is 0 Å². The first kappa shape index (κ1) is 18.9. The standard InChI is InChI=1S/C25H21N3OSe/c29-25-22(16-19-10-4-1-5-11-19)26-24-23(30-21-14-8-3-9-15-21)17-27(18-28(24)25)20-12-6-2-7-13-20/h1-15H,16-18H2. The van der Waals surface area contributed by atoms with E-state index in [0.717, 1.165) is 23.6 Å². The van der Waals surface area contributed by atoms with Gasteiger partial charge in [0, 0.05) is 0 Å². The van der Waals surface area contributed by atoms with E-state index in [4.69, 9.17) is 4.99 Å². The van der Waals surface area contributed by atoms with Crippen LogP contribution in [0.4, 0.5) is 5.69 Å². The molecule has 2 heterocycles. The van der Waals surface area contributed by atoms with E-state index in [1.54, 1.807) is 0 Å². The average Bonchev–Trinajstić information content (AvgIpc) is 3.11. The van der Waals surface area contributed by atoms with Crippen LogP contribution in [0.15, 0.2) is 106 Å². The van der Waals surface area contributed by atoms with Crippen molar-refractivity contribution >= 4 is 36.7 Å². The number of amides is 1. The molecule has 5 heteroatoms.